The summed E-state index contributed by atoms with van der Waals surface area (Å²) < 4.78 is 5.34. The van der Waals surface area contributed by atoms with Crippen molar-refractivity contribution < 1.29 is 4.52 Å². The van der Waals surface area contributed by atoms with E-state index in [1.165, 1.54) is 0 Å². The molecule has 0 atom stereocenters. The monoisotopic (exact) mass is 263 g/mol. The zero-order valence-electron chi connectivity index (χ0n) is 10.3. The first-order valence-corrected chi connectivity index (χ1v) is 6.09. The molecule has 0 unspecified atom stereocenters. The molecule has 0 amide bonds. The number of hydrogen-bond acceptors (Lipinski definition) is 5. The predicted molar refractivity (Wildman–Crippen MR) is 72.6 cm³/mol. The normalized spacial score (nSPS) is 11.0. The molecule has 20 heavy (non-hydrogen) atoms. The Hall–Kier alpha value is -3.02. The minimum Gasteiger partial charge on any atom is -0.334 e. The number of H-pyrrole nitrogens is 1. The third-order valence-corrected chi connectivity index (χ3v) is 3.04. The first-order valence-electron chi connectivity index (χ1n) is 6.09. The highest BCUT2D eigenvalue weighted by molar-refractivity contribution is 5.92. The molecule has 6 nitrogen and oxygen atoms in total. The quantitative estimate of drug-likeness (QED) is 0.601. The van der Waals surface area contributed by atoms with E-state index in [1.54, 1.807) is 12.4 Å². The van der Waals surface area contributed by atoms with Gasteiger partial charge in [-0.3, -0.25) is 10.1 Å². The van der Waals surface area contributed by atoms with Crippen LogP contribution in [0.15, 0.2) is 53.3 Å². The minimum atomic E-state index is 0.456. The lowest BCUT2D eigenvalue weighted by molar-refractivity contribution is 0.432. The van der Waals surface area contributed by atoms with Crippen LogP contribution in [0.5, 0.6) is 0 Å². The van der Waals surface area contributed by atoms with E-state index in [-0.39, 0.29) is 0 Å². The van der Waals surface area contributed by atoms with Crippen LogP contribution in [0.25, 0.3) is 33.9 Å². The van der Waals surface area contributed by atoms with E-state index in [1.807, 2.05) is 36.4 Å². The van der Waals surface area contributed by atoms with E-state index in [9.17, 15) is 0 Å². The predicted octanol–water partition coefficient (Wildman–Crippen LogP) is 2.67. The van der Waals surface area contributed by atoms with Crippen molar-refractivity contribution in [1.82, 2.24) is 25.3 Å². The van der Waals surface area contributed by atoms with Gasteiger partial charge in [-0.25, -0.2) is 0 Å². The second kappa shape index (κ2) is 4.27. The van der Waals surface area contributed by atoms with Crippen LogP contribution in [-0.4, -0.2) is 25.3 Å². The Balaban J connectivity index is 1.84. The third-order valence-electron chi connectivity index (χ3n) is 3.04. The number of nitrogens with zero attached hydrogens (tertiary/aromatic N) is 4. The number of rotatable bonds is 2. The van der Waals surface area contributed by atoms with Crippen molar-refractivity contribution in [2.75, 3.05) is 0 Å². The molecule has 6 heteroatoms. The number of aromatic nitrogens is 5. The highest BCUT2D eigenvalue weighted by Gasteiger charge is 2.14. The Labute approximate surface area is 113 Å². The molecular formula is C14H9N5O. The van der Waals surface area contributed by atoms with Crippen molar-refractivity contribution in [3.8, 4) is 23.0 Å². The highest BCUT2D eigenvalue weighted by Crippen LogP contribution is 2.27. The first kappa shape index (κ1) is 10.9. The van der Waals surface area contributed by atoms with Crippen molar-refractivity contribution in [2.24, 2.45) is 0 Å². The number of hydrogen-bond donors (Lipinski definition) is 1. The summed E-state index contributed by atoms with van der Waals surface area (Å²) in [6.45, 7) is 0. The van der Waals surface area contributed by atoms with Gasteiger partial charge in [-0.15, -0.1) is 0 Å². The third kappa shape index (κ3) is 1.66. The fraction of sp³-hybridized carbons (Fsp3) is 0. The minimum absolute atomic E-state index is 0.456. The van der Waals surface area contributed by atoms with Crippen LogP contribution in [-0.2, 0) is 0 Å². The molecule has 3 aromatic heterocycles. The lowest BCUT2D eigenvalue weighted by atomic mass is 10.1. The molecule has 0 spiro atoms. The van der Waals surface area contributed by atoms with E-state index in [0.717, 1.165) is 16.5 Å². The summed E-state index contributed by atoms with van der Waals surface area (Å²) in [5, 5.41) is 11.9. The molecule has 4 aromatic rings. The van der Waals surface area contributed by atoms with Gasteiger partial charge in [0.05, 0.1) is 17.3 Å². The molecule has 0 bridgehead atoms. The summed E-state index contributed by atoms with van der Waals surface area (Å²) in [6, 6.07) is 11.4. The fourth-order valence-electron chi connectivity index (χ4n) is 2.09. The SMILES string of the molecule is c1ccc(-c2noc(-c3cccc4[nH]ncc34)n2)nc1. The van der Waals surface area contributed by atoms with Gasteiger partial charge in [0.2, 0.25) is 5.82 Å². The average molecular weight is 263 g/mol. The molecule has 0 saturated heterocycles. The zero-order valence-corrected chi connectivity index (χ0v) is 10.3. The number of pyridine rings is 1. The fourth-order valence-corrected chi connectivity index (χ4v) is 2.09. The number of aromatic amines is 1. The van der Waals surface area contributed by atoms with Crippen molar-refractivity contribution in [3.05, 3.63) is 48.8 Å². The van der Waals surface area contributed by atoms with E-state index in [0.29, 0.717) is 17.4 Å². The Morgan fingerprint density at radius 3 is 2.95 bits per heavy atom. The highest BCUT2D eigenvalue weighted by atomic mass is 16.5. The molecule has 0 aliphatic heterocycles. The zero-order chi connectivity index (χ0) is 13.4. The molecule has 1 N–H and O–H groups in total. The molecule has 4 rings (SSSR count). The second-order valence-corrected chi connectivity index (χ2v) is 4.27. The van der Waals surface area contributed by atoms with Crippen LogP contribution in [0.2, 0.25) is 0 Å². The molecule has 3 heterocycles. The lowest BCUT2D eigenvalue weighted by Gasteiger charge is -1.95. The topological polar surface area (TPSA) is 80.5 Å². The summed E-state index contributed by atoms with van der Waals surface area (Å²) in [7, 11) is 0. The van der Waals surface area contributed by atoms with Gasteiger partial charge in [0.25, 0.3) is 5.89 Å². The van der Waals surface area contributed by atoms with E-state index < -0.39 is 0 Å². The Morgan fingerprint density at radius 1 is 1.05 bits per heavy atom. The van der Waals surface area contributed by atoms with Crippen molar-refractivity contribution >= 4 is 10.9 Å². The molecule has 1 aromatic carbocycles. The molecule has 0 radical (unpaired) electrons. The largest absolute Gasteiger partial charge is 0.334 e. The summed E-state index contributed by atoms with van der Waals surface area (Å²) in [6.07, 6.45) is 3.44. The van der Waals surface area contributed by atoms with Crippen LogP contribution < -0.4 is 0 Å². The first-order chi connectivity index (χ1) is 9.92. The molecular weight excluding hydrogens is 254 g/mol. The molecule has 0 saturated carbocycles. The van der Waals surface area contributed by atoms with Crippen LogP contribution >= 0.6 is 0 Å². The maximum atomic E-state index is 5.34. The summed E-state index contributed by atoms with van der Waals surface area (Å²) in [5.41, 5.74) is 2.47. The molecule has 0 fully saturated rings. The summed E-state index contributed by atoms with van der Waals surface area (Å²) in [4.78, 5) is 8.60. The molecule has 0 aliphatic rings. The van der Waals surface area contributed by atoms with E-state index in [2.05, 4.69) is 25.3 Å². The van der Waals surface area contributed by atoms with Crippen molar-refractivity contribution in [1.29, 1.82) is 0 Å². The van der Waals surface area contributed by atoms with Crippen molar-refractivity contribution in [3.63, 3.8) is 0 Å². The number of nitrogens with one attached hydrogen (secondary N) is 1. The van der Waals surface area contributed by atoms with Gasteiger partial charge >= 0.3 is 0 Å². The number of fused-ring (bicyclic) bond motifs is 1. The van der Waals surface area contributed by atoms with Gasteiger partial charge in [0.1, 0.15) is 5.69 Å². The van der Waals surface area contributed by atoms with Gasteiger partial charge in [-0.1, -0.05) is 17.3 Å². The smallest absolute Gasteiger partial charge is 0.259 e. The van der Waals surface area contributed by atoms with Crippen LogP contribution in [0, 0.1) is 0 Å². The van der Waals surface area contributed by atoms with Gasteiger partial charge < -0.3 is 4.52 Å². The maximum Gasteiger partial charge on any atom is 0.259 e. The van der Waals surface area contributed by atoms with Gasteiger partial charge in [-0.05, 0) is 24.3 Å². The molecule has 96 valence electrons. The summed E-state index contributed by atoms with van der Waals surface area (Å²) in [5.74, 6) is 0.929. The van der Waals surface area contributed by atoms with E-state index in [4.69, 9.17) is 4.52 Å². The standard InChI is InChI=1S/C14H9N5O/c1-2-7-15-12(5-1)13-17-14(20-19-13)9-4-3-6-11-10(9)8-16-18-11/h1-8H,(H,16,18). The molecule has 0 aliphatic carbocycles. The number of benzene rings is 1. The lowest BCUT2D eigenvalue weighted by Crippen LogP contribution is -1.84. The van der Waals surface area contributed by atoms with Crippen molar-refractivity contribution in [2.45, 2.75) is 0 Å². The van der Waals surface area contributed by atoms with Crippen LogP contribution in [0.4, 0.5) is 0 Å². The Morgan fingerprint density at radius 2 is 2.05 bits per heavy atom. The maximum absolute atomic E-state index is 5.34. The van der Waals surface area contributed by atoms with Crippen LogP contribution in [0.3, 0.4) is 0 Å². The second-order valence-electron chi connectivity index (χ2n) is 4.27. The van der Waals surface area contributed by atoms with Gasteiger partial charge in [-0.2, -0.15) is 10.1 Å². The van der Waals surface area contributed by atoms with Gasteiger partial charge in [0.15, 0.2) is 0 Å². The van der Waals surface area contributed by atoms with E-state index >= 15 is 0 Å². The Bertz CT molecular complexity index is 865. The summed E-state index contributed by atoms with van der Waals surface area (Å²) >= 11 is 0. The Kier molecular flexibility index (Phi) is 2.32. The van der Waals surface area contributed by atoms with Gasteiger partial charge in [0, 0.05) is 11.6 Å². The van der Waals surface area contributed by atoms with Crippen LogP contribution in [0.1, 0.15) is 0 Å². The average Bonchev–Trinajstić information content (AvgIpc) is 3.17.